The Morgan fingerprint density at radius 3 is 2.58 bits per heavy atom. The van der Waals surface area contributed by atoms with Gasteiger partial charge in [-0.2, -0.15) is 15.0 Å². The van der Waals surface area contributed by atoms with Gasteiger partial charge in [-0.3, -0.25) is 4.72 Å². The molecule has 0 amide bonds. The highest BCUT2D eigenvalue weighted by molar-refractivity contribution is 7.92. The van der Waals surface area contributed by atoms with Crippen LogP contribution in [0.15, 0.2) is 18.2 Å². The second kappa shape index (κ2) is 4.48. The maximum atomic E-state index is 11.2. The zero-order valence-electron chi connectivity index (χ0n) is 10.7. The highest BCUT2D eigenvalue weighted by Gasteiger charge is 2.19. The predicted molar refractivity (Wildman–Crippen MR) is 73.5 cm³/mol. The van der Waals surface area contributed by atoms with Gasteiger partial charge in [0.15, 0.2) is 0 Å². The molecule has 1 N–H and O–H groups in total. The highest BCUT2D eigenvalue weighted by Crippen LogP contribution is 2.29. The van der Waals surface area contributed by atoms with Crippen LogP contribution in [0.2, 0.25) is 0 Å². The van der Waals surface area contributed by atoms with E-state index in [-0.39, 0.29) is 0 Å². The number of sulfonamides is 1. The van der Waals surface area contributed by atoms with Gasteiger partial charge in [-0.1, -0.05) is 12.8 Å². The molecule has 1 fully saturated rings. The van der Waals surface area contributed by atoms with Crippen molar-refractivity contribution in [1.82, 2.24) is 15.0 Å². The molecular formula is C12H16N4O2S. The Bertz CT molecular complexity index is 702. The molecule has 1 saturated carbocycles. The SMILES string of the molecule is CS(=O)(=O)Nc1ccc2nn(C3CCCC3)nc2c1. The van der Waals surface area contributed by atoms with E-state index in [0.717, 1.165) is 30.1 Å². The molecule has 102 valence electrons. The van der Waals surface area contributed by atoms with Gasteiger partial charge >= 0.3 is 0 Å². The van der Waals surface area contributed by atoms with Crippen molar-refractivity contribution in [2.75, 3.05) is 11.0 Å². The van der Waals surface area contributed by atoms with Gasteiger partial charge in [0.25, 0.3) is 0 Å². The molecule has 1 aliphatic carbocycles. The molecule has 1 aliphatic rings. The van der Waals surface area contributed by atoms with E-state index in [1.165, 1.54) is 12.8 Å². The fraction of sp³-hybridized carbons (Fsp3) is 0.500. The molecule has 1 heterocycles. The lowest BCUT2D eigenvalue weighted by Crippen LogP contribution is -2.09. The molecule has 0 unspecified atom stereocenters. The van der Waals surface area contributed by atoms with Crippen LogP contribution in [-0.2, 0) is 10.0 Å². The van der Waals surface area contributed by atoms with Crippen LogP contribution >= 0.6 is 0 Å². The van der Waals surface area contributed by atoms with Crippen molar-refractivity contribution in [3.05, 3.63) is 18.2 Å². The van der Waals surface area contributed by atoms with E-state index in [2.05, 4.69) is 14.9 Å². The summed E-state index contributed by atoms with van der Waals surface area (Å²) in [6.07, 6.45) is 5.82. The van der Waals surface area contributed by atoms with E-state index >= 15 is 0 Å². The Labute approximate surface area is 111 Å². The van der Waals surface area contributed by atoms with Crippen molar-refractivity contribution >= 4 is 26.7 Å². The molecule has 7 heteroatoms. The Balaban J connectivity index is 1.94. The van der Waals surface area contributed by atoms with Crippen LogP contribution in [-0.4, -0.2) is 29.7 Å². The normalized spacial score (nSPS) is 17.1. The van der Waals surface area contributed by atoms with E-state index in [1.54, 1.807) is 23.0 Å². The van der Waals surface area contributed by atoms with E-state index in [9.17, 15) is 8.42 Å². The van der Waals surface area contributed by atoms with Gasteiger partial charge in [0.1, 0.15) is 11.0 Å². The molecule has 0 bridgehead atoms. The summed E-state index contributed by atoms with van der Waals surface area (Å²) in [5, 5.41) is 8.92. The molecule has 1 aromatic heterocycles. The maximum absolute atomic E-state index is 11.2. The molecule has 19 heavy (non-hydrogen) atoms. The van der Waals surface area contributed by atoms with Gasteiger partial charge in [0.05, 0.1) is 18.0 Å². The van der Waals surface area contributed by atoms with Crippen molar-refractivity contribution in [1.29, 1.82) is 0 Å². The average Bonchev–Trinajstić information content (AvgIpc) is 2.94. The Hall–Kier alpha value is -1.63. The quantitative estimate of drug-likeness (QED) is 0.931. The maximum Gasteiger partial charge on any atom is 0.229 e. The molecule has 1 aromatic carbocycles. The van der Waals surface area contributed by atoms with Crippen molar-refractivity contribution in [3.8, 4) is 0 Å². The van der Waals surface area contributed by atoms with Crippen molar-refractivity contribution in [3.63, 3.8) is 0 Å². The number of hydrogen-bond acceptors (Lipinski definition) is 4. The van der Waals surface area contributed by atoms with E-state index in [0.29, 0.717) is 11.7 Å². The number of fused-ring (bicyclic) bond motifs is 1. The largest absolute Gasteiger partial charge is 0.284 e. The summed E-state index contributed by atoms with van der Waals surface area (Å²) in [5.41, 5.74) is 2.04. The number of hydrogen-bond donors (Lipinski definition) is 1. The lowest BCUT2D eigenvalue weighted by Gasteiger charge is -2.05. The Morgan fingerprint density at radius 2 is 1.89 bits per heavy atom. The van der Waals surface area contributed by atoms with Gasteiger partial charge in [-0.15, -0.1) is 0 Å². The molecule has 6 nitrogen and oxygen atoms in total. The Kier molecular flexibility index (Phi) is 2.93. The molecule has 0 atom stereocenters. The van der Waals surface area contributed by atoms with Crippen molar-refractivity contribution < 1.29 is 8.42 Å². The van der Waals surface area contributed by atoms with Gasteiger partial charge < -0.3 is 0 Å². The zero-order chi connectivity index (χ0) is 13.5. The summed E-state index contributed by atoms with van der Waals surface area (Å²) >= 11 is 0. The van der Waals surface area contributed by atoms with Crippen LogP contribution in [0.25, 0.3) is 11.0 Å². The van der Waals surface area contributed by atoms with Crippen LogP contribution in [0.4, 0.5) is 5.69 Å². The summed E-state index contributed by atoms with van der Waals surface area (Å²) in [6, 6.07) is 5.60. The van der Waals surface area contributed by atoms with E-state index < -0.39 is 10.0 Å². The summed E-state index contributed by atoms with van der Waals surface area (Å²) in [6.45, 7) is 0. The number of anilines is 1. The van der Waals surface area contributed by atoms with Gasteiger partial charge in [-0.25, -0.2) is 8.42 Å². The fourth-order valence-corrected chi connectivity index (χ4v) is 3.06. The van der Waals surface area contributed by atoms with Crippen LogP contribution in [0.3, 0.4) is 0 Å². The molecule has 3 rings (SSSR count). The van der Waals surface area contributed by atoms with Gasteiger partial charge in [0, 0.05) is 0 Å². The first-order chi connectivity index (χ1) is 9.01. The van der Waals surface area contributed by atoms with Crippen LogP contribution in [0, 0.1) is 0 Å². The molecule has 0 radical (unpaired) electrons. The van der Waals surface area contributed by atoms with Gasteiger partial charge in [0.2, 0.25) is 10.0 Å². The summed E-state index contributed by atoms with van der Waals surface area (Å²) in [4.78, 5) is 1.78. The third kappa shape index (κ3) is 2.70. The second-order valence-corrected chi connectivity index (χ2v) is 6.78. The standard InChI is InChI=1S/C12H16N4O2S/c1-19(17,18)15-9-6-7-11-12(8-9)14-16(13-11)10-4-2-3-5-10/h6-8,10,15H,2-5H2,1H3. The first-order valence-corrected chi connectivity index (χ1v) is 8.25. The lowest BCUT2D eigenvalue weighted by atomic mass is 10.3. The summed E-state index contributed by atoms with van der Waals surface area (Å²) in [7, 11) is -3.26. The smallest absolute Gasteiger partial charge is 0.229 e. The minimum absolute atomic E-state index is 0.388. The highest BCUT2D eigenvalue weighted by atomic mass is 32.2. The average molecular weight is 280 g/mol. The Morgan fingerprint density at radius 1 is 1.21 bits per heavy atom. The molecule has 0 aliphatic heterocycles. The van der Waals surface area contributed by atoms with Crippen molar-refractivity contribution in [2.24, 2.45) is 0 Å². The summed E-state index contributed by atoms with van der Waals surface area (Å²) in [5.74, 6) is 0. The van der Waals surface area contributed by atoms with Crippen LogP contribution < -0.4 is 4.72 Å². The molecule has 0 saturated heterocycles. The third-order valence-electron chi connectivity index (χ3n) is 3.35. The van der Waals surface area contributed by atoms with Crippen LogP contribution in [0.1, 0.15) is 31.7 Å². The minimum Gasteiger partial charge on any atom is -0.284 e. The number of nitrogens with zero attached hydrogens (tertiary/aromatic N) is 3. The first kappa shape index (κ1) is 12.4. The minimum atomic E-state index is -3.26. The number of benzene rings is 1. The van der Waals surface area contributed by atoms with E-state index in [4.69, 9.17) is 0 Å². The number of aromatic nitrogens is 3. The molecular weight excluding hydrogens is 264 g/mol. The molecule has 0 spiro atoms. The zero-order valence-corrected chi connectivity index (χ0v) is 11.5. The topological polar surface area (TPSA) is 76.9 Å². The van der Waals surface area contributed by atoms with Gasteiger partial charge in [-0.05, 0) is 31.0 Å². The number of nitrogens with one attached hydrogen (secondary N) is 1. The fourth-order valence-electron chi connectivity index (χ4n) is 2.51. The third-order valence-corrected chi connectivity index (χ3v) is 3.96. The van der Waals surface area contributed by atoms with Crippen LogP contribution in [0.5, 0.6) is 0 Å². The summed E-state index contributed by atoms with van der Waals surface area (Å²) < 4.78 is 24.8. The molecule has 2 aromatic rings. The second-order valence-electron chi connectivity index (χ2n) is 5.04. The van der Waals surface area contributed by atoms with Crippen molar-refractivity contribution in [2.45, 2.75) is 31.7 Å². The lowest BCUT2D eigenvalue weighted by molar-refractivity contribution is 0.418. The number of rotatable bonds is 3. The predicted octanol–water partition coefficient (Wildman–Crippen LogP) is 1.92. The first-order valence-electron chi connectivity index (χ1n) is 6.36. The van der Waals surface area contributed by atoms with E-state index in [1.807, 2.05) is 0 Å². The monoisotopic (exact) mass is 280 g/mol.